The molecule has 178 valence electrons. The summed E-state index contributed by atoms with van der Waals surface area (Å²) in [5.74, 6) is 0.566. The number of benzene rings is 2. The van der Waals surface area contributed by atoms with Crippen molar-refractivity contribution in [1.82, 2.24) is 9.91 Å². The standard InChI is InChI=1S/C25H32FN3O4/c1-5-28(3)14-15-33-19-10-11-20(21(26)17-19)25(30)29-13-7-8-22(27-29)18-9-12-23(31-4)24(16-18)32-6-2/h9-12,16-17H,5-8,13-15H2,1-4H3. The minimum atomic E-state index is -0.619. The van der Waals surface area contributed by atoms with E-state index < -0.39 is 11.7 Å². The Bertz CT molecular complexity index is 996. The van der Waals surface area contributed by atoms with Crippen LogP contribution < -0.4 is 14.2 Å². The van der Waals surface area contributed by atoms with E-state index in [1.165, 1.54) is 17.1 Å². The minimum Gasteiger partial charge on any atom is -0.493 e. The third-order valence-electron chi connectivity index (χ3n) is 5.51. The van der Waals surface area contributed by atoms with Crippen LogP contribution in [0, 0.1) is 5.82 Å². The first-order chi connectivity index (χ1) is 16.0. The monoisotopic (exact) mass is 457 g/mol. The number of hydrogen-bond donors (Lipinski definition) is 0. The van der Waals surface area contributed by atoms with Crippen LogP contribution in [-0.4, -0.2) is 68.5 Å². The molecule has 33 heavy (non-hydrogen) atoms. The molecule has 1 aliphatic heterocycles. The van der Waals surface area contributed by atoms with E-state index in [4.69, 9.17) is 14.2 Å². The van der Waals surface area contributed by atoms with E-state index in [0.29, 0.717) is 43.4 Å². The van der Waals surface area contributed by atoms with Crippen LogP contribution in [0.25, 0.3) is 0 Å². The van der Waals surface area contributed by atoms with E-state index in [2.05, 4.69) is 16.9 Å². The molecule has 0 bridgehead atoms. The number of carbonyl (C=O) groups excluding carboxylic acids is 1. The third-order valence-corrected chi connectivity index (χ3v) is 5.51. The Labute approximate surface area is 194 Å². The van der Waals surface area contributed by atoms with E-state index in [9.17, 15) is 9.18 Å². The maximum absolute atomic E-state index is 14.7. The van der Waals surface area contributed by atoms with Gasteiger partial charge in [0, 0.05) is 24.7 Å². The molecule has 0 saturated heterocycles. The zero-order valence-corrected chi connectivity index (χ0v) is 19.8. The van der Waals surface area contributed by atoms with Crippen LogP contribution in [0.4, 0.5) is 4.39 Å². The van der Waals surface area contributed by atoms with Crippen LogP contribution in [0.2, 0.25) is 0 Å². The van der Waals surface area contributed by atoms with Gasteiger partial charge in [0.15, 0.2) is 11.5 Å². The fourth-order valence-corrected chi connectivity index (χ4v) is 3.49. The molecule has 3 rings (SSSR count). The van der Waals surface area contributed by atoms with Gasteiger partial charge in [-0.05, 0) is 63.7 Å². The molecule has 0 saturated carbocycles. The number of hydrogen-bond acceptors (Lipinski definition) is 6. The molecule has 0 N–H and O–H groups in total. The highest BCUT2D eigenvalue weighted by molar-refractivity contribution is 6.03. The Balaban J connectivity index is 1.75. The average Bonchev–Trinajstić information content (AvgIpc) is 2.84. The smallest absolute Gasteiger partial charge is 0.276 e. The van der Waals surface area contributed by atoms with E-state index in [1.54, 1.807) is 13.2 Å². The van der Waals surface area contributed by atoms with Gasteiger partial charge in [-0.2, -0.15) is 5.10 Å². The van der Waals surface area contributed by atoms with Gasteiger partial charge in [-0.15, -0.1) is 0 Å². The Morgan fingerprint density at radius 3 is 2.67 bits per heavy atom. The maximum Gasteiger partial charge on any atom is 0.276 e. The highest BCUT2D eigenvalue weighted by Crippen LogP contribution is 2.30. The number of carbonyl (C=O) groups is 1. The van der Waals surface area contributed by atoms with Crippen molar-refractivity contribution in [3.8, 4) is 17.2 Å². The van der Waals surface area contributed by atoms with Crippen LogP contribution in [0.3, 0.4) is 0 Å². The normalized spacial score (nSPS) is 13.6. The van der Waals surface area contributed by atoms with Crippen molar-refractivity contribution in [3.63, 3.8) is 0 Å². The number of hydrazone groups is 1. The molecule has 0 fully saturated rings. The molecule has 1 aliphatic rings. The van der Waals surface area contributed by atoms with E-state index in [-0.39, 0.29) is 5.56 Å². The lowest BCUT2D eigenvalue weighted by molar-refractivity contribution is 0.0747. The number of likely N-dealkylation sites (N-methyl/N-ethyl adjacent to an activating group) is 1. The highest BCUT2D eigenvalue weighted by Gasteiger charge is 2.24. The fourth-order valence-electron chi connectivity index (χ4n) is 3.49. The van der Waals surface area contributed by atoms with Gasteiger partial charge in [0.2, 0.25) is 0 Å². The topological polar surface area (TPSA) is 63.6 Å². The lowest BCUT2D eigenvalue weighted by atomic mass is 10.0. The Morgan fingerprint density at radius 2 is 1.97 bits per heavy atom. The molecule has 2 aromatic rings. The molecule has 2 aromatic carbocycles. The zero-order chi connectivity index (χ0) is 23.8. The molecule has 0 spiro atoms. The van der Waals surface area contributed by atoms with Crippen molar-refractivity contribution in [3.05, 3.63) is 53.3 Å². The lowest BCUT2D eigenvalue weighted by Crippen LogP contribution is -2.32. The summed E-state index contributed by atoms with van der Waals surface area (Å²) >= 11 is 0. The number of methoxy groups -OCH3 is 1. The molecule has 0 unspecified atom stereocenters. The third kappa shape index (κ3) is 6.22. The summed E-state index contributed by atoms with van der Waals surface area (Å²) in [6.45, 7) is 6.99. The first-order valence-electron chi connectivity index (χ1n) is 11.3. The maximum atomic E-state index is 14.7. The van der Waals surface area contributed by atoms with Crippen LogP contribution in [0.1, 0.15) is 42.6 Å². The second kappa shape index (κ2) is 11.7. The summed E-state index contributed by atoms with van der Waals surface area (Å²) in [6.07, 6.45) is 1.44. The molecule has 0 aliphatic carbocycles. The van der Waals surface area contributed by atoms with Crippen molar-refractivity contribution < 1.29 is 23.4 Å². The first kappa shape index (κ1) is 24.5. The predicted octanol–water partition coefficient (Wildman–Crippen LogP) is 4.20. The van der Waals surface area contributed by atoms with Crippen molar-refractivity contribution in [2.45, 2.75) is 26.7 Å². The van der Waals surface area contributed by atoms with Crippen LogP contribution in [-0.2, 0) is 0 Å². The highest BCUT2D eigenvalue weighted by atomic mass is 19.1. The van der Waals surface area contributed by atoms with E-state index in [1.807, 2.05) is 32.2 Å². The van der Waals surface area contributed by atoms with Gasteiger partial charge in [-0.25, -0.2) is 9.40 Å². The van der Waals surface area contributed by atoms with Gasteiger partial charge in [-0.1, -0.05) is 6.92 Å². The second-order valence-electron chi connectivity index (χ2n) is 7.76. The fraction of sp³-hybridized carbons (Fsp3) is 0.440. The Hall–Kier alpha value is -3.13. The first-order valence-corrected chi connectivity index (χ1v) is 11.3. The zero-order valence-electron chi connectivity index (χ0n) is 19.8. The Kier molecular flexibility index (Phi) is 8.65. The van der Waals surface area contributed by atoms with Gasteiger partial charge in [0.25, 0.3) is 5.91 Å². The minimum absolute atomic E-state index is 0.0252. The molecule has 1 amide bonds. The largest absolute Gasteiger partial charge is 0.493 e. The van der Waals surface area contributed by atoms with Gasteiger partial charge >= 0.3 is 0 Å². The van der Waals surface area contributed by atoms with Crippen LogP contribution in [0.15, 0.2) is 41.5 Å². The molecule has 8 heteroatoms. The molecule has 7 nitrogen and oxygen atoms in total. The van der Waals surface area contributed by atoms with Gasteiger partial charge < -0.3 is 19.1 Å². The number of nitrogens with zero attached hydrogens (tertiary/aromatic N) is 3. The summed E-state index contributed by atoms with van der Waals surface area (Å²) < 4.78 is 31.3. The van der Waals surface area contributed by atoms with Crippen LogP contribution in [0.5, 0.6) is 17.2 Å². The second-order valence-corrected chi connectivity index (χ2v) is 7.76. The van der Waals surface area contributed by atoms with Gasteiger partial charge in [0.1, 0.15) is 18.2 Å². The van der Waals surface area contributed by atoms with Crippen LogP contribution >= 0.6 is 0 Å². The van der Waals surface area contributed by atoms with Gasteiger partial charge in [-0.3, -0.25) is 4.79 Å². The summed E-state index contributed by atoms with van der Waals surface area (Å²) in [7, 11) is 3.58. The molecular formula is C25H32FN3O4. The number of rotatable bonds is 10. The number of amides is 1. The molecule has 1 heterocycles. The Morgan fingerprint density at radius 1 is 1.15 bits per heavy atom. The quantitative estimate of drug-likeness (QED) is 0.535. The van der Waals surface area contributed by atoms with Crippen molar-refractivity contribution >= 4 is 11.6 Å². The van der Waals surface area contributed by atoms with Crippen molar-refractivity contribution in [2.24, 2.45) is 5.10 Å². The number of halogens is 1. The van der Waals surface area contributed by atoms with E-state index >= 15 is 0 Å². The number of ether oxygens (including phenoxy) is 3. The molecular weight excluding hydrogens is 425 g/mol. The predicted molar refractivity (Wildman–Crippen MR) is 126 cm³/mol. The summed E-state index contributed by atoms with van der Waals surface area (Å²) in [5.41, 5.74) is 1.57. The summed E-state index contributed by atoms with van der Waals surface area (Å²) in [4.78, 5) is 15.1. The van der Waals surface area contributed by atoms with Gasteiger partial charge in [0.05, 0.1) is 25.0 Å². The van der Waals surface area contributed by atoms with Crippen molar-refractivity contribution in [1.29, 1.82) is 0 Å². The molecule has 0 atom stereocenters. The SMILES string of the molecule is CCOc1cc(C2=NN(C(=O)c3ccc(OCCN(C)CC)cc3F)CCC2)ccc1OC. The molecule has 0 radical (unpaired) electrons. The lowest BCUT2D eigenvalue weighted by Gasteiger charge is -2.24. The van der Waals surface area contributed by atoms with Crippen molar-refractivity contribution in [2.75, 3.05) is 47.0 Å². The average molecular weight is 458 g/mol. The summed E-state index contributed by atoms with van der Waals surface area (Å²) in [5, 5.41) is 5.86. The molecule has 0 aromatic heterocycles. The van der Waals surface area contributed by atoms with E-state index in [0.717, 1.165) is 30.8 Å². The summed E-state index contributed by atoms with van der Waals surface area (Å²) in [6, 6.07) is 9.90.